The third-order valence-corrected chi connectivity index (χ3v) is 5.27. The number of benzene rings is 1. The van der Waals surface area contributed by atoms with E-state index < -0.39 is 36.2 Å². The average Bonchev–Trinajstić information content (AvgIpc) is 3.19. The average molecular weight is 452 g/mol. The smallest absolute Gasteiger partial charge is 0.435 e. The molecule has 1 N–H and O–H groups in total. The third-order valence-electron chi connectivity index (χ3n) is 4.29. The number of aromatic nitrogens is 2. The van der Waals surface area contributed by atoms with Gasteiger partial charge in [-0.05, 0) is 35.6 Å². The van der Waals surface area contributed by atoms with Gasteiger partial charge in [0, 0.05) is 23.6 Å². The highest BCUT2D eigenvalue weighted by molar-refractivity contribution is 7.17. The Morgan fingerprint density at radius 1 is 1.17 bits per heavy atom. The van der Waals surface area contributed by atoms with Crippen LogP contribution in [0.3, 0.4) is 0 Å². The lowest BCUT2D eigenvalue weighted by Crippen LogP contribution is -2.08. The van der Waals surface area contributed by atoms with Gasteiger partial charge in [0.15, 0.2) is 5.69 Å². The van der Waals surface area contributed by atoms with Crippen LogP contribution in [-0.2, 0) is 37.2 Å². The van der Waals surface area contributed by atoms with Gasteiger partial charge in [0.25, 0.3) is 0 Å². The molecule has 0 aliphatic heterocycles. The number of nitrogens with zero attached hydrogens (tertiary/aromatic N) is 2. The van der Waals surface area contributed by atoms with Crippen molar-refractivity contribution in [3.8, 4) is 5.75 Å². The standard InChI is InChI=1S/C18H14F6N2O3S/c1-26-10(4-14(25-26)18(22,23)24)7-29-11-5-12(17(19,20)21)16-9(2-3-15(27)28)8-30-13(16)6-11/h4-6,8H,2-3,7H2,1H3,(H,27,28). The first-order valence-electron chi connectivity index (χ1n) is 8.42. The van der Waals surface area contributed by atoms with Crippen molar-refractivity contribution in [1.29, 1.82) is 0 Å². The van der Waals surface area contributed by atoms with Gasteiger partial charge in [0.05, 0.1) is 11.3 Å². The SMILES string of the molecule is Cn1nc(C(F)(F)F)cc1COc1cc(C(F)(F)F)c2c(CCC(=O)O)csc2c1. The molecular weight excluding hydrogens is 438 g/mol. The number of aryl methyl sites for hydroxylation is 2. The molecule has 0 saturated heterocycles. The number of halogens is 6. The summed E-state index contributed by atoms with van der Waals surface area (Å²) >= 11 is 1.00. The lowest BCUT2D eigenvalue weighted by molar-refractivity contribution is -0.141. The number of carbonyl (C=O) groups is 1. The summed E-state index contributed by atoms with van der Waals surface area (Å²) in [5.74, 6) is -1.30. The topological polar surface area (TPSA) is 64.4 Å². The molecule has 0 amide bonds. The molecule has 0 aliphatic rings. The molecule has 3 aromatic rings. The number of fused-ring (bicyclic) bond motifs is 1. The quantitative estimate of drug-likeness (QED) is 0.518. The van der Waals surface area contributed by atoms with Crippen molar-refractivity contribution < 1.29 is 41.0 Å². The van der Waals surface area contributed by atoms with E-state index in [1.807, 2.05) is 0 Å². The summed E-state index contributed by atoms with van der Waals surface area (Å²) in [4.78, 5) is 10.8. The fourth-order valence-corrected chi connectivity index (χ4v) is 3.93. The predicted octanol–water partition coefficient (Wildman–Crippen LogP) is 5.27. The van der Waals surface area contributed by atoms with Crippen LogP contribution in [0.1, 0.15) is 28.9 Å². The van der Waals surface area contributed by atoms with Gasteiger partial charge < -0.3 is 9.84 Å². The molecule has 3 rings (SSSR count). The second-order valence-electron chi connectivity index (χ2n) is 6.43. The molecular formula is C18H14F6N2O3S. The molecule has 0 spiro atoms. The summed E-state index contributed by atoms with van der Waals surface area (Å²) in [6.45, 7) is -0.417. The van der Waals surface area contributed by atoms with Crippen LogP contribution in [0.15, 0.2) is 23.6 Å². The molecule has 0 aliphatic carbocycles. The van der Waals surface area contributed by atoms with E-state index >= 15 is 0 Å². The Kier molecular flexibility index (Phi) is 5.72. The molecule has 1 aromatic carbocycles. The van der Waals surface area contributed by atoms with Gasteiger partial charge in [-0.15, -0.1) is 11.3 Å². The Morgan fingerprint density at radius 2 is 1.87 bits per heavy atom. The molecule has 2 heterocycles. The number of thiophene rings is 1. The molecule has 0 saturated carbocycles. The lowest BCUT2D eigenvalue weighted by atomic mass is 10.0. The first-order chi connectivity index (χ1) is 13.9. The van der Waals surface area contributed by atoms with E-state index in [0.29, 0.717) is 0 Å². The Balaban J connectivity index is 1.92. The van der Waals surface area contributed by atoms with Crippen molar-refractivity contribution in [3.63, 3.8) is 0 Å². The lowest BCUT2D eigenvalue weighted by Gasteiger charge is -2.13. The molecule has 162 valence electrons. The zero-order valence-electron chi connectivity index (χ0n) is 15.3. The first kappa shape index (κ1) is 21.9. The van der Waals surface area contributed by atoms with E-state index in [9.17, 15) is 31.1 Å². The summed E-state index contributed by atoms with van der Waals surface area (Å²) in [5.41, 5.74) is -1.82. The second kappa shape index (κ2) is 7.82. The molecule has 2 aromatic heterocycles. The number of aliphatic carboxylic acids is 1. The van der Waals surface area contributed by atoms with Crippen molar-refractivity contribution >= 4 is 27.4 Å². The van der Waals surface area contributed by atoms with E-state index in [-0.39, 0.29) is 39.9 Å². The van der Waals surface area contributed by atoms with Crippen LogP contribution in [0.25, 0.3) is 10.1 Å². The van der Waals surface area contributed by atoms with Crippen LogP contribution >= 0.6 is 11.3 Å². The molecule has 12 heteroatoms. The van der Waals surface area contributed by atoms with Crippen LogP contribution in [0.4, 0.5) is 26.3 Å². The molecule has 0 radical (unpaired) electrons. The Bertz CT molecular complexity index is 1080. The van der Waals surface area contributed by atoms with Crippen molar-refractivity contribution in [2.24, 2.45) is 7.05 Å². The van der Waals surface area contributed by atoms with Crippen LogP contribution in [0.2, 0.25) is 0 Å². The zero-order chi connectivity index (χ0) is 22.3. The Labute approximate surface area is 169 Å². The molecule has 5 nitrogen and oxygen atoms in total. The maximum atomic E-state index is 13.6. The predicted molar refractivity (Wildman–Crippen MR) is 95.3 cm³/mol. The van der Waals surface area contributed by atoms with Gasteiger partial charge >= 0.3 is 18.3 Å². The Morgan fingerprint density at radius 3 is 2.43 bits per heavy atom. The van der Waals surface area contributed by atoms with E-state index in [4.69, 9.17) is 9.84 Å². The van der Waals surface area contributed by atoms with Gasteiger partial charge in [-0.3, -0.25) is 9.48 Å². The van der Waals surface area contributed by atoms with Crippen LogP contribution in [-0.4, -0.2) is 20.9 Å². The van der Waals surface area contributed by atoms with Crippen molar-refractivity contribution in [3.05, 3.63) is 46.1 Å². The van der Waals surface area contributed by atoms with Crippen molar-refractivity contribution in [2.75, 3.05) is 0 Å². The fraction of sp³-hybridized carbons (Fsp3) is 0.333. The van der Waals surface area contributed by atoms with E-state index in [1.165, 1.54) is 18.5 Å². The number of hydrogen-bond donors (Lipinski definition) is 1. The Hall–Kier alpha value is -2.76. The highest BCUT2D eigenvalue weighted by atomic mass is 32.1. The minimum absolute atomic E-state index is 0.0318. The van der Waals surface area contributed by atoms with Gasteiger partial charge in [-0.25, -0.2) is 0 Å². The second-order valence-corrected chi connectivity index (χ2v) is 7.34. The van der Waals surface area contributed by atoms with Crippen molar-refractivity contribution in [1.82, 2.24) is 9.78 Å². The van der Waals surface area contributed by atoms with E-state index in [1.54, 1.807) is 0 Å². The van der Waals surface area contributed by atoms with E-state index in [0.717, 1.165) is 28.2 Å². The zero-order valence-corrected chi connectivity index (χ0v) is 16.1. The van der Waals surface area contributed by atoms with Crippen LogP contribution < -0.4 is 4.74 Å². The molecule has 0 fully saturated rings. The molecule has 30 heavy (non-hydrogen) atoms. The molecule has 0 bridgehead atoms. The number of hydrogen-bond acceptors (Lipinski definition) is 4. The summed E-state index contributed by atoms with van der Waals surface area (Å²) in [5, 5.41) is 13.5. The monoisotopic (exact) mass is 452 g/mol. The summed E-state index contributed by atoms with van der Waals surface area (Å²) < 4.78 is 85.6. The number of rotatable bonds is 6. The molecule has 0 unspecified atom stereocenters. The van der Waals surface area contributed by atoms with Gasteiger partial charge in [-0.2, -0.15) is 31.4 Å². The minimum atomic E-state index is -4.73. The molecule has 0 atom stereocenters. The normalized spacial score (nSPS) is 12.5. The first-order valence-corrected chi connectivity index (χ1v) is 9.30. The van der Waals surface area contributed by atoms with Crippen molar-refractivity contribution in [2.45, 2.75) is 31.8 Å². The van der Waals surface area contributed by atoms with Crippen LogP contribution in [0.5, 0.6) is 5.75 Å². The number of carboxylic acid groups (broad SMARTS) is 1. The number of carboxylic acids is 1. The van der Waals surface area contributed by atoms with Gasteiger partial charge in [0.2, 0.25) is 0 Å². The number of ether oxygens (including phenoxy) is 1. The number of alkyl halides is 6. The fourth-order valence-electron chi connectivity index (χ4n) is 2.88. The summed E-state index contributed by atoms with van der Waals surface area (Å²) in [6.07, 6.45) is -9.76. The third kappa shape index (κ3) is 4.69. The summed E-state index contributed by atoms with van der Waals surface area (Å²) in [7, 11) is 1.27. The highest BCUT2D eigenvalue weighted by Crippen LogP contribution is 2.42. The van der Waals surface area contributed by atoms with Gasteiger partial charge in [0.1, 0.15) is 12.4 Å². The largest absolute Gasteiger partial charge is 0.487 e. The van der Waals surface area contributed by atoms with Gasteiger partial charge in [-0.1, -0.05) is 0 Å². The van der Waals surface area contributed by atoms with E-state index in [2.05, 4.69) is 5.10 Å². The summed E-state index contributed by atoms with van der Waals surface area (Å²) in [6, 6.07) is 2.87. The van der Waals surface area contributed by atoms with Crippen LogP contribution in [0, 0.1) is 0 Å². The maximum Gasteiger partial charge on any atom is 0.435 e. The highest BCUT2D eigenvalue weighted by Gasteiger charge is 2.36. The minimum Gasteiger partial charge on any atom is -0.487 e. The maximum absolute atomic E-state index is 13.6.